The van der Waals surface area contributed by atoms with Gasteiger partial charge in [0.15, 0.2) is 0 Å². The van der Waals surface area contributed by atoms with Crippen LogP contribution in [0.15, 0.2) is 6.08 Å². The molecule has 0 saturated heterocycles. The molecule has 0 bridgehead atoms. The van der Waals surface area contributed by atoms with Crippen LogP contribution in [0, 0.1) is 6.58 Å². The molecule has 0 rings (SSSR count). The van der Waals surface area contributed by atoms with Crippen LogP contribution in [0.3, 0.4) is 0 Å². The van der Waals surface area contributed by atoms with Crippen molar-refractivity contribution in [2.75, 3.05) is 0 Å². The van der Waals surface area contributed by atoms with Crippen LogP contribution >= 0.6 is 0 Å². The first-order valence-electron chi connectivity index (χ1n) is 0.911. The van der Waals surface area contributed by atoms with Crippen LogP contribution in [0.2, 0.25) is 0 Å². The third-order valence-corrected chi connectivity index (χ3v) is 0. The zero-order valence-electron chi connectivity index (χ0n) is 3.41. The maximum Gasteiger partial charge on any atom is 3.00 e. The standard InChI is InChI=1S/C3H5.2ClH.Zr/c1-3-2;;;/h1,3H,2H3;2*1H;/q-1;;;+3/p-2. The van der Waals surface area contributed by atoms with E-state index in [1.807, 2.05) is 0 Å². The Morgan fingerprint density at radius 2 is 1.33 bits per heavy atom. The first-order chi connectivity index (χ1) is 1.41. The summed E-state index contributed by atoms with van der Waals surface area (Å²) in [5.74, 6) is 0. The van der Waals surface area contributed by atoms with Crippen molar-refractivity contribution in [1.29, 1.82) is 0 Å². The molecule has 0 heterocycles. The molecule has 0 unspecified atom stereocenters. The molecule has 0 spiro atoms. The second-order valence-electron chi connectivity index (χ2n) is 0.333. The van der Waals surface area contributed by atoms with Crippen LogP contribution < -0.4 is 24.8 Å². The average molecular weight is 203 g/mol. The molecule has 0 nitrogen and oxygen atoms in total. The fraction of sp³-hybridized carbons (Fsp3) is 0.333. The van der Waals surface area contributed by atoms with E-state index in [2.05, 4.69) is 0 Å². The van der Waals surface area contributed by atoms with Gasteiger partial charge in [-0.3, -0.25) is 6.08 Å². The molecule has 3 heteroatoms. The summed E-state index contributed by atoms with van der Waals surface area (Å²) >= 11 is 0. The van der Waals surface area contributed by atoms with E-state index in [0.29, 0.717) is 0 Å². The van der Waals surface area contributed by atoms with E-state index < -0.39 is 0 Å². The zero-order valence-corrected chi connectivity index (χ0v) is 7.38. The molecule has 0 aromatic carbocycles. The van der Waals surface area contributed by atoms with Crippen LogP contribution in [0.1, 0.15) is 6.92 Å². The molecule has 0 amide bonds. The summed E-state index contributed by atoms with van der Waals surface area (Å²) in [6, 6.07) is 0. The van der Waals surface area contributed by atoms with Crippen LogP contribution in [0.4, 0.5) is 0 Å². The quantitative estimate of drug-likeness (QED) is 0.346. The summed E-state index contributed by atoms with van der Waals surface area (Å²) in [4.78, 5) is 0. The minimum absolute atomic E-state index is 0. The number of rotatable bonds is 0. The number of allylic oxidation sites excluding steroid dienone is 1. The predicted octanol–water partition coefficient (Wildman–Crippen LogP) is -5.00. The molecule has 0 aliphatic rings. The Hall–Kier alpha value is 1.20. The van der Waals surface area contributed by atoms with Crippen LogP contribution in [-0.4, -0.2) is 0 Å². The molecule has 0 aliphatic carbocycles. The van der Waals surface area contributed by atoms with Gasteiger partial charge in [-0.05, 0) is 0 Å². The fourth-order valence-electron chi connectivity index (χ4n) is 0. The van der Waals surface area contributed by atoms with E-state index in [0.717, 1.165) is 0 Å². The summed E-state index contributed by atoms with van der Waals surface area (Å²) in [7, 11) is 0. The van der Waals surface area contributed by atoms with Crippen molar-refractivity contribution < 1.29 is 51.0 Å². The van der Waals surface area contributed by atoms with Gasteiger partial charge in [-0.15, -0.1) is 0 Å². The summed E-state index contributed by atoms with van der Waals surface area (Å²) in [6.45, 7) is 6.50. The summed E-state index contributed by atoms with van der Waals surface area (Å²) in [6.07, 6.45) is 1.50. The fourth-order valence-corrected chi connectivity index (χ4v) is 0. The topological polar surface area (TPSA) is 0 Å². The Morgan fingerprint density at radius 1 is 1.33 bits per heavy atom. The Labute approximate surface area is 70.3 Å². The Balaban J connectivity index is -0.00000000667. The van der Waals surface area contributed by atoms with Gasteiger partial charge in [0.05, 0.1) is 0 Å². The number of hydrogen-bond donors (Lipinski definition) is 0. The van der Waals surface area contributed by atoms with E-state index in [-0.39, 0.29) is 51.0 Å². The van der Waals surface area contributed by atoms with Crippen molar-refractivity contribution in [3.05, 3.63) is 12.7 Å². The van der Waals surface area contributed by atoms with Gasteiger partial charge in [0, 0.05) is 0 Å². The van der Waals surface area contributed by atoms with E-state index >= 15 is 0 Å². The van der Waals surface area contributed by atoms with Crippen molar-refractivity contribution in [2.24, 2.45) is 0 Å². The second-order valence-corrected chi connectivity index (χ2v) is 0.333. The summed E-state index contributed by atoms with van der Waals surface area (Å²) in [5.41, 5.74) is 0. The maximum absolute atomic E-state index is 4.72. The molecule has 0 N–H and O–H groups in total. The van der Waals surface area contributed by atoms with Crippen molar-refractivity contribution in [3.63, 3.8) is 0 Å². The van der Waals surface area contributed by atoms with Gasteiger partial charge in [-0.2, -0.15) is 0 Å². The first-order valence-corrected chi connectivity index (χ1v) is 0.911. The SMILES string of the molecule is [CH-]=CC.[Cl-].[Cl-].[Zr+3]. The average Bonchev–Trinajstić information content (AvgIpc) is 0.918. The zero-order chi connectivity index (χ0) is 2.71. The molecule has 0 atom stereocenters. The number of hydrogen-bond acceptors (Lipinski definition) is 0. The minimum atomic E-state index is 0. The normalized spacial score (nSPS) is 2.17. The summed E-state index contributed by atoms with van der Waals surface area (Å²) < 4.78 is 0. The summed E-state index contributed by atoms with van der Waals surface area (Å²) in [5, 5.41) is 0. The minimum Gasteiger partial charge on any atom is -1.00 e. The van der Waals surface area contributed by atoms with Crippen LogP contribution in [-0.2, 0) is 26.2 Å². The Morgan fingerprint density at radius 3 is 1.33 bits per heavy atom. The van der Waals surface area contributed by atoms with Crippen molar-refractivity contribution in [2.45, 2.75) is 6.92 Å². The van der Waals surface area contributed by atoms with Gasteiger partial charge in [0.2, 0.25) is 0 Å². The monoisotopic (exact) mass is 201 g/mol. The van der Waals surface area contributed by atoms with Gasteiger partial charge in [0.1, 0.15) is 0 Å². The predicted molar refractivity (Wildman–Crippen MR) is 14.5 cm³/mol. The van der Waals surface area contributed by atoms with E-state index in [1.54, 1.807) is 6.92 Å². The molecule has 35 valence electrons. The molecule has 0 saturated carbocycles. The maximum atomic E-state index is 4.72. The van der Waals surface area contributed by atoms with Gasteiger partial charge >= 0.3 is 26.2 Å². The number of halogens is 2. The molecule has 0 aliphatic heterocycles. The van der Waals surface area contributed by atoms with E-state index in [1.165, 1.54) is 6.08 Å². The molecule has 6 heavy (non-hydrogen) atoms. The second kappa shape index (κ2) is 34.6. The van der Waals surface area contributed by atoms with Gasteiger partial charge in [0.25, 0.3) is 0 Å². The third kappa shape index (κ3) is 63.5. The van der Waals surface area contributed by atoms with E-state index in [9.17, 15) is 0 Å². The molecular formula is C3H5Cl2Zr. The molecule has 1 radical (unpaired) electrons. The Bertz CT molecular complexity index is 16.3. The van der Waals surface area contributed by atoms with Crippen molar-refractivity contribution >= 4 is 0 Å². The van der Waals surface area contributed by atoms with Crippen LogP contribution in [0.5, 0.6) is 0 Å². The molecule has 0 fully saturated rings. The van der Waals surface area contributed by atoms with Gasteiger partial charge in [-0.25, -0.2) is 0 Å². The van der Waals surface area contributed by atoms with Crippen LogP contribution in [0.25, 0.3) is 0 Å². The van der Waals surface area contributed by atoms with E-state index in [4.69, 9.17) is 6.58 Å². The van der Waals surface area contributed by atoms with Gasteiger partial charge < -0.3 is 31.4 Å². The molecular weight excluding hydrogens is 198 g/mol. The van der Waals surface area contributed by atoms with Crippen molar-refractivity contribution in [1.82, 2.24) is 0 Å². The molecule has 0 aromatic rings. The molecule has 0 aromatic heterocycles. The first kappa shape index (κ1) is 27.0. The largest absolute Gasteiger partial charge is 3.00 e. The van der Waals surface area contributed by atoms with Gasteiger partial charge in [-0.1, -0.05) is 6.92 Å². The van der Waals surface area contributed by atoms with Crippen molar-refractivity contribution in [3.8, 4) is 0 Å². The smallest absolute Gasteiger partial charge is 1.00 e. The third-order valence-electron chi connectivity index (χ3n) is 0. The Kier molecular flexibility index (Phi) is 156.